The average molecular weight is 1500 g/mol. The van der Waals surface area contributed by atoms with Crippen molar-refractivity contribution in [1.29, 1.82) is 0 Å². The number of benzene rings is 9. The number of aryl methyl sites for hydroxylation is 5. The van der Waals surface area contributed by atoms with Gasteiger partial charge in [-0.15, -0.1) is 0 Å². The summed E-state index contributed by atoms with van der Waals surface area (Å²) in [6.45, 7) is 10.0. The molecule has 4 aliphatic heterocycles. The fourth-order valence-electron chi connectivity index (χ4n) is 18.5. The Morgan fingerprint density at radius 1 is 0.472 bits per heavy atom. The van der Waals surface area contributed by atoms with Crippen molar-refractivity contribution in [3.05, 3.63) is 252 Å². The fourth-order valence-corrected chi connectivity index (χ4v) is 27.1. The summed E-state index contributed by atoms with van der Waals surface area (Å²) in [5.74, 6) is 2.66. The van der Waals surface area contributed by atoms with E-state index in [1.165, 1.54) is 81.7 Å². The Labute approximate surface area is 630 Å². The van der Waals surface area contributed by atoms with Gasteiger partial charge in [-0.1, -0.05) is 109 Å². The number of carbonyl (C=O) groups is 3. The van der Waals surface area contributed by atoms with Gasteiger partial charge in [0.1, 0.15) is 35.6 Å². The number of fused-ring (bicyclic) bond motifs is 2. The zero-order chi connectivity index (χ0) is 72.8. The highest BCUT2D eigenvalue weighted by Crippen LogP contribution is 2.57. The molecule has 10 aliphatic rings. The molecule has 10 fully saturated rings. The summed E-state index contributed by atoms with van der Waals surface area (Å²) in [6, 6.07) is 78.5. The van der Waals surface area contributed by atoms with E-state index in [1.807, 2.05) is 52.0 Å². The van der Waals surface area contributed by atoms with Gasteiger partial charge in [0, 0.05) is 41.7 Å². The van der Waals surface area contributed by atoms with Crippen LogP contribution in [-0.2, 0) is 85.1 Å². The first kappa shape index (κ1) is 71.9. The summed E-state index contributed by atoms with van der Waals surface area (Å²) < 4.78 is 76.6. The molecule has 0 amide bonds. The highest BCUT2D eigenvalue weighted by Gasteiger charge is 2.70. The maximum atomic E-state index is 12.7. The van der Waals surface area contributed by atoms with E-state index >= 15 is 0 Å². The molecule has 9 unspecified atom stereocenters. The van der Waals surface area contributed by atoms with Crippen molar-refractivity contribution in [2.45, 2.75) is 178 Å². The van der Waals surface area contributed by atoms with Crippen LogP contribution in [0, 0.1) is 76.0 Å². The van der Waals surface area contributed by atoms with Gasteiger partial charge in [0.05, 0.1) is 62.5 Å². The lowest BCUT2D eigenvalue weighted by Crippen LogP contribution is -2.49. The fraction of sp³-hybridized carbons (Fsp3) is 0.352. The number of hydrogen-bond acceptors (Lipinski definition) is 14. The number of carbonyl (C=O) groups excluding carboxylic acids is 3. The van der Waals surface area contributed by atoms with E-state index in [0.29, 0.717) is 43.7 Å². The number of rotatable bonds is 21. The molecule has 0 spiro atoms. The molecule has 0 N–H and O–H groups in total. The molecule has 0 aromatic heterocycles. The molecule has 14 nitrogen and oxygen atoms in total. The minimum Gasteiger partial charge on any atom is -0.481 e. The van der Waals surface area contributed by atoms with Crippen molar-refractivity contribution in [2.75, 3.05) is 20.0 Å². The molecule has 546 valence electrons. The monoisotopic (exact) mass is 1500 g/mol. The van der Waals surface area contributed by atoms with Gasteiger partial charge in [-0.3, -0.25) is 8.98 Å². The van der Waals surface area contributed by atoms with Gasteiger partial charge < -0.3 is 37.9 Å². The topological polar surface area (TPSA) is 168 Å². The van der Waals surface area contributed by atoms with Gasteiger partial charge >= 0.3 is 17.9 Å². The minimum atomic E-state index is -3.54. The summed E-state index contributed by atoms with van der Waals surface area (Å²) in [5.41, 5.74) is 5.03. The van der Waals surface area contributed by atoms with Crippen LogP contribution in [0.15, 0.2) is 269 Å². The number of esters is 3. The molecule has 6 aliphatic carbocycles. The van der Waals surface area contributed by atoms with Gasteiger partial charge in [0.2, 0.25) is 0 Å². The first-order chi connectivity index (χ1) is 51.5. The summed E-state index contributed by atoms with van der Waals surface area (Å²) in [5, 5.41) is -0.436. The minimum absolute atomic E-state index is 0.0397. The van der Waals surface area contributed by atoms with Crippen LogP contribution in [0.2, 0.25) is 0 Å². The molecule has 8 bridgehead atoms. The summed E-state index contributed by atoms with van der Waals surface area (Å²) in [6.07, 6.45) is 8.03. The van der Waals surface area contributed by atoms with Crippen LogP contribution in [0.3, 0.4) is 0 Å². The Kier molecular flexibility index (Phi) is 20.8. The van der Waals surface area contributed by atoms with Crippen LogP contribution in [0.5, 0.6) is 17.2 Å². The van der Waals surface area contributed by atoms with E-state index in [2.05, 4.69) is 207 Å². The lowest BCUT2D eigenvalue weighted by atomic mass is 9.55. The second kappa shape index (κ2) is 30.7. The van der Waals surface area contributed by atoms with Crippen LogP contribution in [-0.4, -0.2) is 87.9 Å². The Bertz CT molecular complexity index is 4570. The van der Waals surface area contributed by atoms with Gasteiger partial charge in [-0.25, -0.2) is 9.59 Å². The quantitative estimate of drug-likeness (QED) is 0.0288. The first-order valence-corrected chi connectivity index (χ1v) is 42.2. The third-order valence-corrected chi connectivity index (χ3v) is 31.1. The van der Waals surface area contributed by atoms with E-state index < -0.39 is 51.4 Å². The van der Waals surface area contributed by atoms with E-state index in [-0.39, 0.29) is 75.7 Å². The SMILES string of the molecule is Cc1cc(OCOC2C3CC4CC(C3)CC2C4)ccc1[S+](c1ccccc1)c1ccccc1.Cc1cc([S+](c2ccccc2)c2ccccc2)cc(C)c1OCC(=O)OC12CC3CC(C(=O)O1)C2O3.Cc1cc([S+](c2ccccc2)c2ccccc2)cc(C)c1OCC(=O)OC1C2CC3C1OS(=O)(=O)C3C2. The lowest BCUT2D eigenvalue weighted by Gasteiger charge is -2.53. The van der Waals surface area contributed by atoms with Gasteiger partial charge in [0.25, 0.3) is 15.9 Å². The van der Waals surface area contributed by atoms with Crippen molar-refractivity contribution in [3.8, 4) is 17.2 Å². The third kappa shape index (κ3) is 14.8. The molecule has 4 heterocycles. The van der Waals surface area contributed by atoms with Gasteiger partial charge in [0.15, 0.2) is 64.1 Å². The van der Waals surface area contributed by atoms with E-state index in [4.69, 9.17) is 42.1 Å². The molecule has 9 aromatic rings. The molecule has 9 aromatic carbocycles. The molecule has 0 radical (unpaired) electrons. The van der Waals surface area contributed by atoms with Crippen molar-refractivity contribution in [2.24, 2.45) is 41.4 Å². The largest absolute Gasteiger partial charge is 0.481 e. The van der Waals surface area contributed by atoms with Crippen LogP contribution >= 0.6 is 0 Å². The van der Waals surface area contributed by atoms with Crippen molar-refractivity contribution < 1.29 is 64.9 Å². The predicted octanol–water partition coefficient (Wildman–Crippen LogP) is 16.8. The number of ether oxygens (including phenoxy) is 8. The normalized spacial score (nSPS) is 26.8. The molecule has 18 heteroatoms. The average Bonchev–Trinajstić information content (AvgIpc) is 1.55. The second-order valence-electron chi connectivity index (χ2n) is 29.8. The van der Waals surface area contributed by atoms with E-state index in [0.717, 1.165) is 58.1 Å². The summed E-state index contributed by atoms with van der Waals surface area (Å²) in [7, 11) is -4.23. The standard InChI is InChI=1S/C30H33O2S.C29H29O6S2.C29H27O6S/c1-21-14-26(31-20-32-30-24-16-22-15-23(18-24)19-25(30)17-22)12-13-29(21)33(27-8-4-2-5-9-27)28-10-6-3-7-11-28;1-18-13-23(36(21-9-5-3-6-10-21)22-11-7-4-8-12-22)14-19(2)27(18)33-17-26(30)34-28-20-15-24-25(16-20)37(31,32)35-29(24)28;1-18-13-23(36(21-9-5-3-6-10-21)22-11-7-4-8-12-22)14-19(2)26(18)32-17-25(30)34-29-16-20-15-24(27(29)33-20)28(31)35-29/h2-14,22-25,30H,15-20H2,1H3;3-14,20,24-25,28-29H,15-17H2,1-2H3;3-14,20,24,27H,15-17H2,1-2H3/q3*+1. The van der Waals surface area contributed by atoms with Crippen molar-refractivity contribution >= 4 is 60.7 Å². The Morgan fingerprint density at radius 3 is 1.37 bits per heavy atom. The summed E-state index contributed by atoms with van der Waals surface area (Å²) in [4.78, 5) is 48.8. The van der Waals surface area contributed by atoms with Crippen LogP contribution in [0.1, 0.15) is 85.6 Å². The second-order valence-corrected chi connectivity index (χ2v) is 37.6. The highest BCUT2D eigenvalue weighted by atomic mass is 32.2. The predicted molar refractivity (Wildman–Crippen MR) is 407 cm³/mol. The maximum absolute atomic E-state index is 12.7. The smallest absolute Gasteiger partial charge is 0.347 e. The van der Waals surface area contributed by atoms with Crippen molar-refractivity contribution in [1.82, 2.24) is 0 Å². The van der Waals surface area contributed by atoms with E-state index in [9.17, 15) is 22.8 Å². The van der Waals surface area contributed by atoms with Gasteiger partial charge in [-0.05, 0) is 223 Å². The summed E-state index contributed by atoms with van der Waals surface area (Å²) >= 11 is 0. The van der Waals surface area contributed by atoms with E-state index in [1.54, 1.807) is 0 Å². The molecule has 6 saturated carbocycles. The molecule has 106 heavy (non-hydrogen) atoms. The Balaban J connectivity index is 0.000000122. The molecule has 4 saturated heterocycles. The Hall–Kier alpha value is -8.33. The Morgan fingerprint density at radius 2 is 0.915 bits per heavy atom. The third-order valence-electron chi connectivity index (χ3n) is 22.6. The van der Waals surface area contributed by atoms with Crippen LogP contribution in [0.4, 0.5) is 0 Å². The maximum Gasteiger partial charge on any atom is 0.347 e. The zero-order valence-electron chi connectivity index (χ0n) is 60.2. The first-order valence-electron chi connectivity index (χ1n) is 37.1. The number of hydrogen-bond donors (Lipinski definition) is 0. The molecular formula is C88H89O14S4+3. The molecule has 19 rings (SSSR count). The highest BCUT2D eigenvalue weighted by molar-refractivity contribution is 7.97. The van der Waals surface area contributed by atoms with Crippen LogP contribution in [0.25, 0.3) is 0 Å². The molecular weight excluding hydrogens is 1410 g/mol. The molecule has 9 atom stereocenters. The zero-order valence-corrected chi connectivity index (χ0v) is 63.5. The van der Waals surface area contributed by atoms with Crippen molar-refractivity contribution in [3.63, 3.8) is 0 Å². The van der Waals surface area contributed by atoms with Gasteiger partial charge in [-0.2, -0.15) is 8.42 Å². The van der Waals surface area contributed by atoms with Crippen LogP contribution < -0.4 is 14.2 Å². The lowest BCUT2D eigenvalue weighted by molar-refractivity contribution is -0.222.